The van der Waals surface area contributed by atoms with Crippen molar-refractivity contribution in [2.75, 3.05) is 20.0 Å². The summed E-state index contributed by atoms with van der Waals surface area (Å²) in [4.78, 5) is 25.6. The third kappa shape index (κ3) is 4.21. The van der Waals surface area contributed by atoms with Gasteiger partial charge in [0.05, 0.1) is 31.7 Å². The summed E-state index contributed by atoms with van der Waals surface area (Å²) in [6.07, 6.45) is 9.11. The smallest absolute Gasteiger partial charge is 0.341 e. The second kappa shape index (κ2) is 9.64. The molecule has 4 aliphatic carbocycles. The Hall–Kier alpha value is -2.48. The van der Waals surface area contributed by atoms with Crippen LogP contribution in [0.2, 0.25) is 0 Å². The van der Waals surface area contributed by atoms with E-state index in [9.17, 15) is 9.59 Å². The average molecular weight is 484 g/mol. The lowest BCUT2D eigenvalue weighted by Gasteiger charge is -2.54. The number of benzene rings is 1. The highest BCUT2D eigenvalue weighted by Gasteiger charge is 2.48. The molecule has 0 spiro atoms. The van der Waals surface area contributed by atoms with Crippen LogP contribution in [0.25, 0.3) is 5.69 Å². The van der Waals surface area contributed by atoms with Crippen LogP contribution in [-0.4, -0.2) is 47.7 Å². The third-order valence-electron chi connectivity index (χ3n) is 7.77. The molecule has 2 aromatic rings. The van der Waals surface area contributed by atoms with Crippen LogP contribution in [0.1, 0.15) is 66.2 Å². The summed E-state index contributed by atoms with van der Waals surface area (Å²) in [5.41, 5.74) is 1.70. The summed E-state index contributed by atoms with van der Waals surface area (Å²) in [6.45, 7) is 2.12. The Morgan fingerprint density at radius 3 is 2.41 bits per heavy atom. The van der Waals surface area contributed by atoms with Crippen LogP contribution in [0.4, 0.5) is 0 Å². The van der Waals surface area contributed by atoms with Gasteiger partial charge in [-0.25, -0.2) is 9.48 Å². The van der Waals surface area contributed by atoms with Gasteiger partial charge in [0.15, 0.2) is 0 Å². The molecule has 1 aromatic heterocycles. The van der Waals surface area contributed by atoms with Gasteiger partial charge in [-0.2, -0.15) is 5.10 Å². The average Bonchev–Trinajstić information content (AvgIpc) is 3.27. The summed E-state index contributed by atoms with van der Waals surface area (Å²) < 4.78 is 12.1. The van der Waals surface area contributed by atoms with E-state index < -0.39 is 5.97 Å². The molecule has 182 valence electrons. The fourth-order valence-corrected chi connectivity index (χ4v) is 7.47. The van der Waals surface area contributed by atoms with Gasteiger partial charge in [-0.1, -0.05) is 6.92 Å². The number of nitrogens with zero attached hydrogens (tertiary/aromatic N) is 2. The lowest BCUT2D eigenvalue weighted by molar-refractivity contribution is -0.0120. The number of methoxy groups -OCH3 is 2. The number of ether oxygens (including phenoxy) is 2. The maximum atomic E-state index is 13.5. The van der Waals surface area contributed by atoms with Gasteiger partial charge in [-0.3, -0.25) is 4.79 Å². The summed E-state index contributed by atoms with van der Waals surface area (Å²) in [5, 5.41) is 8.82. The van der Waals surface area contributed by atoms with E-state index in [2.05, 4.69) is 17.3 Å². The standard InChI is InChI=1S/C26H33N3O4S/c1-4-7-34-25-21(24(30)28-23-17-9-15-8-16(11-17)12-18(23)10-15)14-27-29(25)19-5-6-20(26(31)33-3)22(13-19)32-2/h5-6,13-18,23H,4,7-12H2,1-3H3,(H,28,30). The van der Waals surface area contributed by atoms with Gasteiger partial charge >= 0.3 is 5.97 Å². The first-order valence-electron chi connectivity index (χ1n) is 12.3. The number of hydrogen-bond donors (Lipinski definition) is 1. The SMILES string of the molecule is CCCSc1c(C(=O)NC2C3CC4CC(C3)CC2C4)cnn1-c1ccc(C(=O)OC)c(OC)c1. The van der Waals surface area contributed by atoms with Crippen molar-refractivity contribution in [2.24, 2.45) is 23.7 Å². The highest BCUT2D eigenvalue weighted by molar-refractivity contribution is 7.99. The van der Waals surface area contributed by atoms with Crippen molar-refractivity contribution in [3.8, 4) is 11.4 Å². The molecule has 1 aromatic carbocycles. The van der Waals surface area contributed by atoms with E-state index in [-0.39, 0.29) is 11.9 Å². The Kier molecular flexibility index (Phi) is 6.60. The molecule has 0 aliphatic heterocycles. The molecular weight excluding hydrogens is 450 g/mol. The van der Waals surface area contributed by atoms with Gasteiger partial charge in [0.2, 0.25) is 0 Å². The number of aromatic nitrogens is 2. The topological polar surface area (TPSA) is 82.5 Å². The highest BCUT2D eigenvalue weighted by atomic mass is 32.2. The van der Waals surface area contributed by atoms with E-state index in [1.807, 2.05) is 0 Å². The Bertz CT molecular complexity index is 1050. The molecule has 0 radical (unpaired) electrons. The summed E-state index contributed by atoms with van der Waals surface area (Å²) in [6, 6.07) is 5.52. The molecule has 1 heterocycles. The summed E-state index contributed by atoms with van der Waals surface area (Å²) >= 11 is 1.63. The number of carbonyl (C=O) groups excluding carboxylic acids is 2. The lowest BCUT2D eigenvalue weighted by Crippen LogP contribution is -2.55. The van der Waals surface area contributed by atoms with E-state index in [0.717, 1.165) is 34.7 Å². The molecule has 1 amide bonds. The van der Waals surface area contributed by atoms with Gasteiger partial charge in [0.25, 0.3) is 5.91 Å². The van der Waals surface area contributed by atoms with Crippen LogP contribution in [0.15, 0.2) is 29.4 Å². The summed E-state index contributed by atoms with van der Waals surface area (Å²) in [5.74, 6) is 3.79. The van der Waals surface area contributed by atoms with Crippen LogP contribution in [0.3, 0.4) is 0 Å². The zero-order valence-corrected chi connectivity index (χ0v) is 20.9. The lowest BCUT2D eigenvalue weighted by atomic mass is 9.54. The van der Waals surface area contributed by atoms with E-state index in [1.165, 1.54) is 46.3 Å². The molecule has 4 aliphatic rings. The number of nitrogens with one attached hydrogen (secondary N) is 1. The quantitative estimate of drug-likeness (QED) is 0.432. The van der Waals surface area contributed by atoms with Crippen molar-refractivity contribution in [1.82, 2.24) is 15.1 Å². The van der Waals surface area contributed by atoms with Crippen LogP contribution >= 0.6 is 11.8 Å². The van der Waals surface area contributed by atoms with Gasteiger partial charge in [-0.15, -0.1) is 11.8 Å². The Morgan fingerprint density at radius 1 is 1.09 bits per heavy atom. The number of carbonyl (C=O) groups is 2. The first-order chi connectivity index (χ1) is 16.5. The number of thioether (sulfide) groups is 1. The fraction of sp³-hybridized carbons (Fsp3) is 0.577. The Morgan fingerprint density at radius 2 is 1.79 bits per heavy atom. The van der Waals surface area contributed by atoms with Gasteiger partial charge in [-0.05, 0) is 80.1 Å². The molecule has 1 N–H and O–H groups in total. The minimum absolute atomic E-state index is 0.0273. The van der Waals surface area contributed by atoms with Crippen LogP contribution in [0.5, 0.6) is 5.75 Å². The van der Waals surface area contributed by atoms with Crippen molar-refractivity contribution in [3.05, 3.63) is 35.5 Å². The number of esters is 1. The third-order valence-corrected chi connectivity index (χ3v) is 9.05. The minimum Gasteiger partial charge on any atom is -0.496 e. The van der Waals surface area contributed by atoms with Gasteiger partial charge in [0, 0.05) is 12.1 Å². The van der Waals surface area contributed by atoms with Gasteiger partial charge < -0.3 is 14.8 Å². The predicted octanol–water partition coefficient (Wildman–Crippen LogP) is 4.72. The number of hydrogen-bond acceptors (Lipinski definition) is 6. The van der Waals surface area contributed by atoms with E-state index >= 15 is 0 Å². The molecule has 0 atom stereocenters. The van der Waals surface area contributed by atoms with Gasteiger partial charge in [0.1, 0.15) is 16.3 Å². The van der Waals surface area contributed by atoms with Crippen LogP contribution < -0.4 is 10.1 Å². The monoisotopic (exact) mass is 483 g/mol. The number of amides is 1. The van der Waals surface area contributed by atoms with Crippen molar-refractivity contribution in [2.45, 2.75) is 56.5 Å². The van der Waals surface area contributed by atoms with Crippen LogP contribution in [0, 0.1) is 23.7 Å². The zero-order valence-electron chi connectivity index (χ0n) is 20.1. The molecule has 7 nitrogen and oxygen atoms in total. The molecule has 0 saturated heterocycles. The van der Waals surface area contributed by atoms with Crippen molar-refractivity contribution in [1.29, 1.82) is 0 Å². The minimum atomic E-state index is -0.458. The Labute approximate surface area is 205 Å². The maximum Gasteiger partial charge on any atom is 0.341 e. The van der Waals surface area contributed by atoms with Crippen molar-refractivity contribution >= 4 is 23.6 Å². The molecule has 8 heteroatoms. The molecule has 0 unspecified atom stereocenters. The molecule has 4 saturated carbocycles. The Balaban J connectivity index is 1.42. The molecule has 4 bridgehead atoms. The molecule has 4 fully saturated rings. The van der Waals surface area contributed by atoms with Crippen molar-refractivity contribution in [3.63, 3.8) is 0 Å². The van der Waals surface area contributed by atoms with E-state index in [0.29, 0.717) is 28.7 Å². The van der Waals surface area contributed by atoms with E-state index in [1.54, 1.807) is 40.8 Å². The summed E-state index contributed by atoms with van der Waals surface area (Å²) in [7, 11) is 2.86. The molecule has 6 rings (SSSR count). The van der Waals surface area contributed by atoms with Crippen LogP contribution in [-0.2, 0) is 4.74 Å². The first kappa shape index (κ1) is 23.3. The fourth-order valence-electron chi connectivity index (χ4n) is 6.49. The second-order valence-corrected chi connectivity index (χ2v) is 11.0. The first-order valence-corrected chi connectivity index (χ1v) is 13.3. The zero-order chi connectivity index (χ0) is 23.8. The highest BCUT2D eigenvalue weighted by Crippen LogP contribution is 2.53. The van der Waals surface area contributed by atoms with E-state index in [4.69, 9.17) is 9.47 Å². The largest absolute Gasteiger partial charge is 0.496 e. The van der Waals surface area contributed by atoms with Crippen molar-refractivity contribution < 1.29 is 19.1 Å². The molecule has 34 heavy (non-hydrogen) atoms. The maximum absolute atomic E-state index is 13.5. The second-order valence-electron chi connectivity index (χ2n) is 9.93. The number of rotatable bonds is 8. The predicted molar refractivity (Wildman–Crippen MR) is 131 cm³/mol. The molecular formula is C26H33N3O4S. The normalized spacial score (nSPS) is 27.0.